The molecule has 0 spiro atoms. The van der Waals surface area contributed by atoms with Crippen molar-refractivity contribution < 1.29 is 23.9 Å². The van der Waals surface area contributed by atoms with Crippen LogP contribution in [0.1, 0.15) is 62.9 Å². The molecule has 1 aromatic heterocycles. The van der Waals surface area contributed by atoms with Crippen molar-refractivity contribution in [2.24, 2.45) is 0 Å². The van der Waals surface area contributed by atoms with Crippen LogP contribution in [0.15, 0.2) is 24.3 Å². The molecule has 164 valence electrons. The summed E-state index contributed by atoms with van der Waals surface area (Å²) in [7, 11) is 0. The number of amides is 3. The van der Waals surface area contributed by atoms with Crippen molar-refractivity contribution in [2.45, 2.75) is 45.1 Å². The summed E-state index contributed by atoms with van der Waals surface area (Å²) in [4.78, 5) is 51.8. The van der Waals surface area contributed by atoms with Gasteiger partial charge in [0.1, 0.15) is 17.1 Å². The minimum Gasteiger partial charge on any atom is -0.454 e. The van der Waals surface area contributed by atoms with Crippen molar-refractivity contribution in [2.75, 3.05) is 11.9 Å². The second-order valence-corrected chi connectivity index (χ2v) is 8.84. The largest absolute Gasteiger partial charge is 0.454 e. The first-order valence-corrected chi connectivity index (χ1v) is 11.2. The molecule has 32 heavy (non-hydrogen) atoms. The fraction of sp³-hybridized carbons (Fsp3) is 0.348. The quantitative estimate of drug-likeness (QED) is 0.424. The summed E-state index contributed by atoms with van der Waals surface area (Å²) in [5.74, 6) is -2.59. The van der Waals surface area contributed by atoms with Crippen LogP contribution in [0.3, 0.4) is 0 Å². The van der Waals surface area contributed by atoms with Crippen molar-refractivity contribution in [3.05, 3.63) is 51.4 Å². The van der Waals surface area contributed by atoms with Crippen LogP contribution in [-0.2, 0) is 27.2 Å². The predicted molar refractivity (Wildman–Crippen MR) is 116 cm³/mol. The molecule has 0 fully saturated rings. The van der Waals surface area contributed by atoms with Gasteiger partial charge in [0.05, 0.1) is 16.7 Å². The number of carbonyl (C=O) groups excluding carboxylic acids is 4. The van der Waals surface area contributed by atoms with Crippen molar-refractivity contribution in [1.82, 2.24) is 4.90 Å². The van der Waals surface area contributed by atoms with Gasteiger partial charge in [0, 0.05) is 4.88 Å². The van der Waals surface area contributed by atoms with E-state index in [2.05, 4.69) is 11.4 Å². The second kappa shape index (κ2) is 8.93. The Hall–Kier alpha value is -3.51. The maximum atomic E-state index is 12.5. The minimum absolute atomic E-state index is 0.233. The van der Waals surface area contributed by atoms with E-state index in [-0.39, 0.29) is 11.1 Å². The number of carbonyl (C=O) groups is 4. The third-order valence-corrected chi connectivity index (χ3v) is 6.89. The van der Waals surface area contributed by atoms with Gasteiger partial charge in [-0.05, 0) is 50.3 Å². The average molecular weight is 452 g/mol. The molecule has 0 bridgehead atoms. The normalized spacial score (nSPS) is 15.9. The third-order valence-electron chi connectivity index (χ3n) is 5.69. The SMILES string of the molecule is C[C@@H](C(=O)OCC(=O)Nc1sc2c(c1C#N)CCCCC2)N1C(=O)c2ccccc2C1=O. The van der Waals surface area contributed by atoms with Gasteiger partial charge in [0.15, 0.2) is 6.61 Å². The number of nitrogens with zero attached hydrogens (tertiary/aromatic N) is 2. The number of esters is 1. The lowest BCUT2D eigenvalue weighted by Crippen LogP contribution is -2.44. The highest BCUT2D eigenvalue weighted by molar-refractivity contribution is 7.16. The third kappa shape index (κ3) is 3.89. The Bertz CT molecular complexity index is 1130. The van der Waals surface area contributed by atoms with Crippen LogP contribution in [0.4, 0.5) is 5.00 Å². The molecule has 4 rings (SSSR count). The molecule has 3 amide bonds. The van der Waals surface area contributed by atoms with E-state index in [4.69, 9.17) is 4.74 Å². The first-order valence-electron chi connectivity index (χ1n) is 10.4. The lowest BCUT2D eigenvalue weighted by molar-refractivity contribution is -0.150. The van der Waals surface area contributed by atoms with Crippen LogP contribution in [0.5, 0.6) is 0 Å². The molecule has 0 radical (unpaired) electrons. The molecule has 1 aliphatic carbocycles. The zero-order valence-corrected chi connectivity index (χ0v) is 18.3. The highest BCUT2D eigenvalue weighted by Crippen LogP contribution is 2.37. The van der Waals surface area contributed by atoms with Gasteiger partial charge in [0.25, 0.3) is 17.7 Å². The van der Waals surface area contributed by atoms with E-state index < -0.39 is 36.3 Å². The molecule has 2 aromatic rings. The number of nitriles is 1. The summed E-state index contributed by atoms with van der Waals surface area (Å²) in [6, 6.07) is 7.33. The van der Waals surface area contributed by atoms with Gasteiger partial charge in [-0.1, -0.05) is 18.6 Å². The molecule has 1 aromatic carbocycles. The van der Waals surface area contributed by atoms with Crippen LogP contribution in [-0.4, -0.2) is 41.2 Å². The lowest BCUT2D eigenvalue weighted by atomic mass is 10.1. The van der Waals surface area contributed by atoms with Gasteiger partial charge in [-0.15, -0.1) is 11.3 Å². The number of imide groups is 1. The first-order chi connectivity index (χ1) is 15.4. The number of anilines is 1. The Balaban J connectivity index is 1.38. The first kappa shape index (κ1) is 21.7. The number of hydrogen-bond donors (Lipinski definition) is 1. The Morgan fingerprint density at radius 3 is 2.47 bits per heavy atom. The van der Waals surface area contributed by atoms with Gasteiger partial charge >= 0.3 is 5.97 Å². The topological polar surface area (TPSA) is 117 Å². The molecule has 8 nitrogen and oxygen atoms in total. The van der Waals surface area contributed by atoms with E-state index in [0.717, 1.165) is 47.4 Å². The summed E-state index contributed by atoms with van der Waals surface area (Å²) in [6.07, 6.45) is 4.89. The number of hydrogen-bond acceptors (Lipinski definition) is 7. The maximum absolute atomic E-state index is 12.5. The Morgan fingerprint density at radius 1 is 1.16 bits per heavy atom. The summed E-state index contributed by atoms with van der Waals surface area (Å²) in [5, 5.41) is 12.7. The number of thiophene rings is 1. The van der Waals surface area contributed by atoms with Crippen LogP contribution >= 0.6 is 11.3 Å². The van der Waals surface area contributed by atoms with Crippen molar-refractivity contribution in [3.8, 4) is 6.07 Å². The summed E-state index contributed by atoms with van der Waals surface area (Å²) in [6.45, 7) is 0.797. The molecule has 0 saturated heterocycles. The van der Waals surface area contributed by atoms with Gasteiger partial charge in [-0.3, -0.25) is 19.3 Å². The molecule has 9 heteroatoms. The van der Waals surface area contributed by atoms with Gasteiger partial charge in [-0.25, -0.2) is 4.79 Å². The van der Waals surface area contributed by atoms with E-state index >= 15 is 0 Å². The number of fused-ring (bicyclic) bond motifs is 2. The number of ether oxygens (including phenoxy) is 1. The highest BCUT2D eigenvalue weighted by Gasteiger charge is 2.41. The molecule has 1 aliphatic heterocycles. The van der Waals surface area contributed by atoms with Crippen LogP contribution in [0.2, 0.25) is 0 Å². The molecular formula is C23H21N3O5S. The van der Waals surface area contributed by atoms with Gasteiger partial charge in [-0.2, -0.15) is 5.26 Å². The van der Waals surface area contributed by atoms with Crippen molar-refractivity contribution in [3.63, 3.8) is 0 Å². The van der Waals surface area contributed by atoms with E-state index in [1.807, 2.05) is 0 Å². The smallest absolute Gasteiger partial charge is 0.329 e. The zero-order valence-electron chi connectivity index (χ0n) is 17.5. The molecule has 2 aliphatic rings. The lowest BCUT2D eigenvalue weighted by Gasteiger charge is -2.20. The molecule has 0 unspecified atom stereocenters. The Morgan fingerprint density at radius 2 is 1.81 bits per heavy atom. The molecule has 0 saturated carbocycles. The van der Waals surface area contributed by atoms with Crippen molar-refractivity contribution in [1.29, 1.82) is 5.26 Å². The summed E-state index contributed by atoms with van der Waals surface area (Å²) >= 11 is 1.39. The van der Waals surface area contributed by atoms with E-state index in [1.54, 1.807) is 12.1 Å². The van der Waals surface area contributed by atoms with Gasteiger partial charge in [0.2, 0.25) is 0 Å². The molecule has 1 atom stereocenters. The zero-order chi connectivity index (χ0) is 22.8. The predicted octanol–water partition coefficient (Wildman–Crippen LogP) is 3.06. The number of rotatable bonds is 5. The summed E-state index contributed by atoms with van der Waals surface area (Å²) < 4.78 is 5.07. The molecular weight excluding hydrogens is 430 g/mol. The highest BCUT2D eigenvalue weighted by atomic mass is 32.1. The van der Waals surface area contributed by atoms with Gasteiger partial charge < -0.3 is 10.1 Å². The fourth-order valence-corrected chi connectivity index (χ4v) is 5.29. The van der Waals surface area contributed by atoms with Crippen LogP contribution in [0.25, 0.3) is 0 Å². The minimum atomic E-state index is -1.18. The number of nitrogens with one attached hydrogen (secondary N) is 1. The van der Waals surface area contributed by atoms with E-state index in [0.29, 0.717) is 10.6 Å². The summed E-state index contributed by atoms with van der Waals surface area (Å²) in [5.41, 5.74) is 1.94. The molecule has 2 heterocycles. The fourth-order valence-electron chi connectivity index (χ4n) is 4.03. The second-order valence-electron chi connectivity index (χ2n) is 7.74. The Kier molecular flexibility index (Phi) is 6.06. The Labute approximate surface area is 188 Å². The van der Waals surface area contributed by atoms with E-state index in [1.165, 1.54) is 30.4 Å². The van der Waals surface area contributed by atoms with E-state index in [9.17, 15) is 24.4 Å². The van der Waals surface area contributed by atoms with Crippen LogP contribution < -0.4 is 5.32 Å². The standard InChI is InChI=1S/C23H21N3O5S/c1-13(26-21(28)15-8-5-6-9-16(15)22(26)29)23(30)31-12-19(27)25-20-17(11-24)14-7-3-2-4-10-18(14)32-20/h5-6,8-9,13H,2-4,7,10,12H2,1H3,(H,25,27)/t13-/m0/s1. The average Bonchev–Trinajstić information content (AvgIpc) is 3.12. The maximum Gasteiger partial charge on any atom is 0.329 e. The number of aryl methyl sites for hydroxylation is 1. The number of benzene rings is 1. The molecule has 1 N–H and O–H groups in total. The van der Waals surface area contributed by atoms with Crippen molar-refractivity contribution >= 4 is 40.0 Å². The van der Waals surface area contributed by atoms with Crippen LogP contribution in [0, 0.1) is 11.3 Å². The monoisotopic (exact) mass is 451 g/mol.